The van der Waals surface area contributed by atoms with Crippen LogP contribution in [0.15, 0.2) is 70.2 Å². The number of hydrogen-bond donors (Lipinski definition) is 0. The number of carbonyl (C=O) groups is 1. The predicted molar refractivity (Wildman–Crippen MR) is 116 cm³/mol. The molecule has 0 aliphatic carbocycles. The zero-order valence-electron chi connectivity index (χ0n) is 17.5. The molecular formula is C24H27N3O3. The number of carbonyl (C=O) groups excluding carboxylic acids is 1. The molecule has 1 aliphatic rings. The molecule has 0 N–H and O–H groups in total. The number of furan rings is 1. The van der Waals surface area contributed by atoms with Crippen LogP contribution in [-0.4, -0.2) is 46.5 Å². The summed E-state index contributed by atoms with van der Waals surface area (Å²) in [4.78, 5) is 30.6. The van der Waals surface area contributed by atoms with Crippen LogP contribution in [0.4, 0.5) is 0 Å². The van der Waals surface area contributed by atoms with Gasteiger partial charge in [0.05, 0.1) is 18.8 Å². The van der Waals surface area contributed by atoms with E-state index >= 15 is 0 Å². The van der Waals surface area contributed by atoms with Crippen LogP contribution < -0.4 is 5.56 Å². The van der Waals surface area contributed by atoms with Crippen molar-refractivity contribution in [1.82, 2.24) is 14.4 Å². The van der Waals surface area contributed by atoms with E-state index in [9.17, 15) is 9.59 Å². The highest BCUT2D eigenvalue weighted by Crippen LogP contribution is 2.18. The lowest BCUT2D eigenvalue weighted by Crippen LogP contribution is -2.49. The van der Waals surface area contributed by atoms with Crippen molar-refractivity contribution in [3.05, 3.63) is 93.8 Å². The minimum atomic E-state index is -0.227. The van der Waals surface area contributed by atoms with Gasteiger partial charge in [-0.05, 0) is 43.2 Å². The van der Waals surface area contributed by atoms with Crippen molar-refractivity contribution < 1.29 is 9.21 Å². The second-order valence-electron chi connectivity index (χ2n) is 7.82. The Morgan fingerprint density at radius 2 is 1.77 bits per heavy atom. The molecule has 0 saturated carbocycles. The summed E-state index contributed by atoms with van der Waals surface area (Å²) in [5.74, 6) is 0.747. The summed E-state index contributed by atoms with van der Waals surface area (Å²) in [7, 11) is 0. The van der Waals surface area contributed by atoms with Crippen LogP contribution in [0.5, 0.6) is 0 Å². The number of piperazine rings is 1. The largest absolute Gasteiger partial charge is 0.468 e. The smallest absolute Gasteiger partial charge is 0.264 e. The second-order valence-corrected chi connectivity index (χ2v) is 7.82. The molecule has 3 heterocycles. The number of nitrogens with zero attached hydrogens (tertiary/aromatic N) is 3. The summed E-state index contributed by atoms with van der Waals surface area (Å²) < 4.78 is 7.07. The van der Waals surface area contributed by atoms with Gasteiger partial charge in [0.2, 0.25) is 0 Å². The molecule has 6 heteroatoms. The Hall–Kier alpha value is -3.12. The van der Waals surface area contributed by atoms with Crippen molar-refractivity contribution in [2.75, 3.05) is 26.2 Å². The molecule has 4 rings (SSSR count). The number of aryl methyl sites for hydroxylation is 1. The van der Waals surface area contributed by atoms with Crippen LogP contribution in [0.25, 0.3) is 0 Å². The number of benzene rings is 1. The van der Waals surface area contributed by atoms with Crippen molar-refractivity contribution in [2.24, 2.45) is 0 Å². The van der Waals surface area contributed by atoms with Crippen molar-refractivity contribution in [3.63, 3.8) is 0 Å². The molecule has 1 aromatic carbocycles. The van der Waals surface area contributed by atoms with E-state index in [-0.39, 0.29) is 23.1 Å². The number of rotatable bonds is 5. The lowest BCUT2D eigenvalue weighted by atomic mass is 10.1. The Balaban J connectivity index is 1.51. The summed E-state index contributed by atoms with van der Waals surface area (Å²) in [5.41, 5.74) is 1.81. The van der Waals surface area contributed by atoms with Crippen molar-refractivity contribution in [2.45, 2.75) is 26.4 Å². The minimum Gasteiger partial charge on any atom is -0.468 e. The number of hydrogen-bond acceptors (Lipinski definition) is 4. The Labute approximate surface area is 176 Å². The Bertz CT molecular complexity index is 1050. The molecule has 6 nitrogen and oxygen atoms in total. The van der Waals surface area contributed by atoms with Crippen molar-refractivity contribution in [1.29, 1.82) is 0 Å². The van der Waals surface area contributed by atoms with Gasteiger partial charge in [0.25, 0.3) is 11.5 Å². The van der Waals surface area contributed by atoms with Crippen molar-refractivity contribution in [3.8, 4) is 0 Å². The van der Waals surface area contributed by atoms with Crippen LogP contribution >= 0.6 is 0 Å². The number of pyridine rings is 1. The van der Waals surface area contributed by atoms with E-state index in [4.69, 9.17) is 4.42 Å². The standard InChI is InChI=1S/C24H27N3O3/c1-18-10-11-27(19(2)20-7-4-3-5-8-20)24(29)22(18)23(28)26-14-12-25(13-15-26)17-21-9-6-16-30-21/h3-11,16,19H,12-15,17H2,1-2H3. The highest BCUT2D eigenvalue weighted by molar-refractivity contribution is 5.95. The summed E-state index contributed by atoms with van der Waals surface area (Å²) in [6, 6.07) is 15.4. The molecule has 1 saturated heterocycles. The molecule has 156 valence electrons. The predicted octanol–water partition coefficient (Wildman–Crippen LogP) is 3.32. The van der Waals surface area contributed by atoms with Crippen LogP contribution in [0, 0.1) is 6.92 Å². The molecule has 2 aromatic heterocycles. The lowest BCUT2D eigenvalue weighted by molar-refractivity contribution is 0.0617. The summed E-state index contributed by atoms with van der Waals surface area (Å²) in [5, 5.41) is 0. The van der Waals surface area contributed by atoms with E-state index in [2.05, 4.69) is 4.90 Å². The first-order valence-electron chi connectivity index (χ1n) is 10.4. The fraction of sp³-hybridized carbons (Fsp3) is 0.333. The van der Waals surface area contributed by atoms with E-state index in [0.717, 1.165) is 36.5 Å². The minimum absolute atomic E-state index is 0.143. The van der Waals surface area contributed by atoms with E-state index in [1.165, 1.54) is 0 Å². The van der Waals surface area contributed by atoms with Gasteiger partial charge in [-0.15, -0.1) is 0 Å². The quantitative estimate of drug-likeness (QED) is 0.653. The zero-order chi connectivity index (χ0) is 21.1. The molecule has 1 unspecified atom stereocenters. The fourth-order valence-corrected chi connectivity index (χ4v) is 3.99. The van der Waals surface area contributed by atoms with Gasteiger partial charge in [0.15, 0.2) is 0 Å². The maximum atomic E-state index is 13.3. The third-order valence-corrected chi connectivity index (χ3v) is 5.86. The van der Waals surface area contributed by atoms with Gasteiger partial charge in [-0.3, -0.25) is 14.5 Å². The molecule has 1 aliphatic heterocycles. The third kappa shape index (κ3) is 4.09. The molecule has 0 spiro atoms. The highest BCUT2D eigenvalue weighted by Gasteiger charge is 2.26. The van der Waals surface area contributed by atoms with Gasteiger partial charge in [-0.1, -0.05) is 30.3 Å². The average molecular weight is 405 g/mol. The van der Waals surface area contributed by atoms with Gasteiger partial charge in [0.1, 0.15) is 11.3 Å². The SMILES string of the molecule is Cc1ccn(C(C)c2ccccc2)c(=O)c1C(=O)N1CCN(Cc2ccco2)CC1. The topological polar surface area (TPSA) is 58.7 Å². The Morgan fingerprint density at radius 1 is 1.03 bits per heavy atom. The molecule has 1 fully saturated rings. The van der Waals surface area contributed by atoms with Crippen LogP contribution in [0.2, 0.25) is 0 Å². The van der Waals surface area contributed by atoms with E-state index in [1.54, 1.807) is 21.9 Å². The van der Waals surface area contributed by atoms with Crippen LogP contribution in [0.1, 0.15) is 40.2 Å². The molecular weight excluding hydrogens is 378 g/mol. The monoisotopic (exact) mass is 405 g/mol. The summed E-state index contributed by atoms with van der Waals surface area (Å²) in [6.07, 6.45) is 3.46. The normalized spacial score (nSPS) is 15.9. The van der Waals surface area contributed by atoms with Gasteiger partial charge in [0, 0.05) is 32.4 Å². The van der Waals surface area contributed by atoms with Gasteiger partial charge >= 0.3 is 0 Å². The first kappa shape index (κ1) is 20.2. The average Bonchev–Trinajstić information content (AvgIpc) is 3.27. The van der Waals surface area contributed by atoms with E-state index in [1.807, 2.05) is 62.4 Å². The zero-order valence-corrected chi connectivity index (χ0v) is 17.5. The van der Waals surface area contributed by atoms with Gasteiger partial charge < -0.3 is 13.9 Å². The molecule has 1 atom stereocenters. The summed E-state index contributed by atoms with van der Waals surface area (Å²) in [6.45, 7) is 7.26. The molecule has 30 heavy (non-hydrogen) atoms. The van der Waals surface area contributed by atoms with Crippen LogP contribution in [0.3, 0.4) is 0 Å². The first-order chi connectivity index (χ1) is 14.5. The van der Waals surface area contributed by atoms with Gasteiger partial charge in [-0.25, -0.2) is 0 Å². The van der Waals surface area contributed by atoms with Crippen LogP contribution in [-0.2, 0) is 6.54 Å². The molecule has 0 bridgehead atoms. The fourth-order valence-electron chi connectivity index (χ4n) is 3.99. The molecule has 0 radical (unpaired) electrons. The van der Waals surface area contributed by atoms with Gasteiger partial charge in [-0.2, -0.15) is 0 Å². The second kappa shape index (κ2) is 8.71. The summed E-state index contributed by atoms with van der Waals surface area (Å²) >= 11 is 0. The maximum absolute atomic E-state index is 13.3. The third-order valence-electron chi connectivity index (χ3n) is 5.86. The number of aromatic nitrogens is 1. The van der Waals surface area contributed by atoms with E-state index < -0.39 is 0 Å². The highest BCUT2D eigenvalue weighted by atomic mass is 16.3. The first-order valence-corrected chi connectivity index (χ1v) is 10.4. The molecule has 3 aromatic rings. The Kier molecular flexibility index (Phi) is 5.86. The maximum Gasteiger partial charge on any atom is 0.264 e. The lowest BCUT2D eigenvalue weighted by Gasteiger charge is -2.34. The Morgan fingerprint density at radius 3 is 2.43 bits per heavy atom. The van der Waals surface area contributed by atoms with E-state index in [0.29, 0.717) is 13.1 Å². The molecule has 1 amide bonds. The van der Waals surface area contributed by atoms with Crippen molar-refractivity contribution >= 4 is 5.91 Å². The number of amides is 1.